The Morgan fingerprint density at radius 3 is 1.77 bits per heavy atom. The molecule has 0 heterocycles. The molecule has 26 heavy (non-hydrogen) atoms. The summed E-state index contributed by atoms with van der Waals surface area (Å²) >= 11 is 0. The van der Waals surface area contributed by atoms with E-state index in [0.717, 1.165) is 17.9 Å². The fourth-order valence-corrected chi connectivity index (χ4v) is 3.60. The van der Waals surface area contributed by atoms with Crippen molar-refractivity contribution < 1.29 is 9.47 Å². The second-order valence-electron chi connectivity index (χ2n) is 9.91. The van der Waals surface area contributed by atoms with Crippen LogP contribution in [0.1, 0.15) is 72.9 Å². The van der Waals surface area contributed by atoms with E-state index in [9.17, 15) is 0 Å². The Morgan fingerprint density at radius 2 is 1.35 bits per heavy atom. The summed E-state index contributed by atoms with van der Waals surface area (Å²) < 4.78 is 11.6. The molecular formula is C24H36O2. The summed E-state index contributed by atoms with van der Waals surface area (Å²) in [7, 11) is 3.51. The van der Waals surface area contributed by atoms with Gasteiger partial charge in [-0.3, -0.25) is 0 Å². The van der Waals surface area contributed by atoms with Gasteiger partial charge in [0.05, 0.1) is 14.2 Å². The molecule has 0 amide bonds. The molecule has 0 bridgehead atoms. The Kier molecular flexibility index (Phi) is 5.38. The van der Waals surface area contributed by atoms with Crippen LogP contribution in [0.5, 0.6) is 11.5 Å². The standard InChI is InChI=1S/C24H36O2/c1-22(2,3)16-11-12-17(13-16)24(7,8)20-15-18(25-9)14-19(21(20)26-10)23(4,5)6/h12-15H,11H2,1-10H3. The first-order chi connectivity index (χ1) is 11.8. The lowest BCUT2D eigenvalue weighted by Crippen LogP contribution is -2.23. The molecule has 1 aromatic carbocycles. The largest absolute Gasteiger partial charge is 0.497 e. The zero-order chi connectivity index (χ0) is 19.9. The molecule has 0 saturated heterocycles. The second kappa shape index (κ2) is 6.79. The number of allylic oxidation sites excluding steroid dienone is 4. The van der Waals surface area contributed by atoms with Crippen LogP contribution in [0.4, 0.5) is 0 Å². The fourth-order valence-electron chi connectivity index (χ4n) is 3.60. The van der Waals surface area contributed by atoms with Crippen LogP contribution in [0, 0.1) is 5.41 Å². The lowest BCUT2D eigenvalue weighted by Gasteiger charge is -2.32. The van der Waals surface area contributed by atoms with Crippen molar-refractivity contribution in [3.63, 3.8) is 0 Å². The van der Waals surface area contributed by atoms with Gasteiger partial charge in [0.25, 0.3) is 0 Å². The van der Waals surface area contributed by atoms with Crippen molar-refractivity contribution in [2.75, 3.05) is 14.2 Å². The third-order valence-corrected chi connectivity index (χ3v) is 5.54. The van der Waals surface area contributed by atoms with Crippen molar-refractivity contribution >= 4 is 0 Å². The smallest absolute Gasteiger partial charge is 0.126 e. The number of hydrogen-bond donors (Lipinski definition) is 0. The quantitative estimate of drug-likeness (QED) is 0.606. The molecule has 0 atom stereocenters. The maximum atomic E-state index is 5.94. The van der Waals surface area contributed by atoms with Gasteiger partial charge in [-0.15, -0.1) is 0 Å². The van der Waals surface area contributed by atoms with Gasteiger partial charge < -0.3 is 9.47 Å². The van der Waals surface area contributed by atoms with E-state index in [-0.39, 0.29) is 16.2 Å². The highest BCUT2D eigenvalue weighted by Crippen LogP contribution is 2.47. The summed E-state index contributed by atoms with van der Waals surface area (Å²) in [5, 5.41) is 0. The summed E-state index contributed by atoms with van der Waals surface area (Å²) in [6, 6.07) is 4.25. The third kappa shape index (κ3) is 3.84. The van der Waals surface area contributed by atoms with Gasteiger partial charge in [-0.25, -0.2) is 0 Å². The van der Waals surface area contributed by atoms with Gasteiger partial charge in [-0.05, 0) is 35.0 Å². The van der Waals surface area contributed by atoms with Crippen LogP contribution in [0.15, 0.2) is 35.4 Å². The van der Waals surface area contributed by atoms with Crippen molar-refractivity contribution in [2.45, 2.75) is 72.6 Å². The normalized spacial score (nSPS) is 15.6. The molecule has 1 aliphatic carbocycles. The summed E-state index contributed by atoms with van der Waals surface area (Å²) in [6.07, 6.45) is 5.78. The number of methoxy groups -OCH3 is 2. The van der Waals surface area contributed by atoms with Crippen LogP contribution in [0.2, 0.25) is 0 Å². The van der Waals surface area contributed by atoms with Crippen LogP contribution in [0.25, 0.3) is 0 Å². The highest BCUT2D eigenvalue weighted by atomic mass is 16.5. The van der Waals surface area contributed by atoms with Gasteiger partial charge in [0.15, 0.2) is 0 Å². The summed E-state index contributed by atoms with van der Waals surface area (Å²) in [5.41, 5.74) is 5.22. The maximum Gasteiger partial charge on any atom is 0.126 e. The minimum Gasteiger partial charge on any atom is -0.497 e. The Hall–Kier alpha value is -1.70. The third-order valence-electron chi connectivity index (χ3n) is 5.54. The van der Waals surface area contributed by atoms with E-state index in [0.29, 0.717) is 0 Å². The molecule has 0 aliphatic heterocycles. The minimum atomic E-state index is -0.160. The van der Waals surface area contributed by atoms with E-state index in [1.165, 1.54) is 22.3 Å². The van der Waals surface area contributed by atoms with Gasteiger partial charge in [-0.2, -0.15) is 0 Å². The molecule has 0 N–H and O–H groups in total. The molecular weight excluding hydrogens is 320 g/mol. The van der Waals surface area contributed by atoms with Crippen LogP contribution < -0.4 is 9.47 Å². The predicted octanol–water partition coefficient (Wildman–Crippen LogP) is 6.58. The topological polar surface area (TPSA) is 18.5 Å². The van der Waals surface area contributed by atoms with Gasteiger partial charge in [0.1, 0.15) is 11.5 Å². The number of rotatable bonds is 4. The number of hydrogen-bond acceptors (Lipinski definition) is 2. The highest BCUT2D eigenvalue weighted by Gasteiger charge is 2.34. The van der Waals surface area contributed by atoms with E-state index in [1.807, 2.05) is 0 Å². The van der Waals surface area contributed by atoms with E-state index < -0.39 is 0 Å². The zero-order valence-electron chi connectivity index (χ0n) is 18.3. The van der Waals surface area contributed by atoms with Crippen molar-refractivity contribution in [2.24, 2.45) is 5.41 Å². The molecule has 0 spiro atoms. The van der Waals surface area contributed by atoms with E-state index in [1.54, 1.807) is 14.2 Å². The first kappa shape index (κ1) is 20.6. The number of ether oxygens (including phenoxy) is 2. The van der Waals surface area contributed by atoms with Crippen molar-refractivity contribution in [1.29, 1.82) is 0 Å². The monoisotopic (exact) mass is 356 g/mol. The average Bonchev–Trinajstić information content (AvgIpc) is 3.03. The van der Waals surface area contributed by atoms with Crippen LogP contribution >= 0.6 is 0 Å². The van der Waals surface area contributed by atoms with Crippen molar-refractivity contribution in [1.82, 2.24) is 0 Å². The SMILES string of the molecule is COc1cc(C(C)(C)C)c(OC)c(C(C)(C)C2=CCC(C(C)(C)C)=C2)c1. The fraction of sp³-hybridized carbons (Fsp3) is 0.583. The van der Waals surface area contributed by atoms with E-state index >= 15 is 0 Å². The summed E-state index contributed by atoms with van der Waals surface area (Å²) in [5.74, 6) is 1.86. The minimum absolute atomic E-state index is 0.0266. The molecule has 144 valence electrons. The Morgan fingerprint density at radius 1 is 0.769 bits per heavy atom. The van der Waals surface area contributed by atoms with Crippen molar-refractivity contribution in [3.8, 4) is 11.5 Å². The first-order valence-electron chi connectivity index (χ1n) is 9.51. The van der Waals surface area contributed by atoms with Gasteiger partial charge in [0.2, 0.25) is 0 Å². The number of benzene rings is 1. The molecule has 1 aliphatic rings. The van der Waals surface area contributed by atoms with Gasteiger partial charge in [-0.1, -0.05) is 73.1 Å². The molecule has 1 aromatic rings. The highest BCUT2D eigenvalue weighted by molar-refractivity contribution is 5.58. The molecule has 2 rings (SSSR count). The van der Waals surface area contributed by atoms with E-state index in [2.05, 4.69) is 79.7 Å². The van der Waals surface area contributed by atoms with Crippen molar-refractivity contribution in [3.05, 3.63) is 46.6 Å². The van der Waals surface area contributed by atoms with Gasteiger partial charge in [0, 0.05) is 16.5 Å². The molecule has 0 unspecified atom stereocenters. The lowest BCUT2D eigenvalue weighted by atomic mass is 9.74. The van der Waals surface area contributed by atoms with Crippen LogP contribution in [0.3, 0.4) is 0 Å². The second-order valence-corrected chi connectivity index (χ2v) is 9.91. The lowest BCUT2D eigenvalue weighted by molar-refractivity contribution is 0.375. The van der Waals surface area contributed by atoms with Crippen LogP contribution in [-0.4, -0.2) is 14.2 Å². The van der Waals surface area contributed by atoms with Gasteiger partial charge >= 0.3 is 0 Å². The maximum absolute atomic E-state index is 5.94. The molecule has 0 fully saturated rings. The Balaban J connectivity index is 2.65. The molecule has 2 nitrogen and oxygen atoms in total. The Bertz CT molecular complexity index is 735. The van der Waals surface area contributed by atoms with Crippen LogP contribution in [-0.2, 0) is 10.8 Å². The van der Waals surface area contributed by atoms with E-state index in [4.69, 9.17) is 9.47 Å². The first-order valence-corrected chi connectivity index (χ1v) is 9.51. The molecule has 0 radical (unpaired) electrons. The zero-order valence-corrected chi connectivity index (χ0v) is 18.3. The average molecular weight is 357 g/mol. The summed E-state index contributed by atoms with van der Waals surface area (Å²) in [6.45, 7) is 18.1. The molecule has 0 aromatic heterocycles. The molecule has 2 heteroatoms. The molecule has 0 saturated carbocycles. The summed E-state index contributed by atoms with van der Waals surface area (Å²) in [4.78, 5) is 0. The Labute approximate surface area is 160 Å². The predicted molar refractivity (Wildman–Crippen MR) is 112 cm³/mol.